The van der Waals surface area contributed by atoms with Crippen LogP contribution in [0.2, 0.25) is 0 Å². The standard InChI is InChI=1S/C27H38N4O5/c1-18-24(12-20-8-11-35-16-20)30-26(21-4-3-5-23(13-21)36-17-22(32)15-28-2)31-25(18)27(33)29-14-19-6-9-34-10-7-19/h3-5,13,19-20,22,28,32H,6-12,14-17H2,1-2H3,(H,29,33)/t20-,22?/m0/s1. The molecule has 3 N–H and O–H groups in total. The largest absolute Gasteiger partial charge is 0.491 e. The first-order chi connectivity index (χ1) is 17.5. The molecule has 2 atom stereocenters. The van der Waals surface area contributed by atoms with Crippen molar-refractivity contribution in [2.24, 2.45) is 11.8 Å². The zero-order valence-corrected chi connectivity index (χ0v) is 21.3. The van der Waals surface area contributed by atoms with E-state index in [1.165, 1.54) is 0 Å². The zero-order chi connectivity index (χ0) is 25.3. The number of benzene rings is 1. The third-order valence-corrected chi connectivity index (χ3v) is 6.83. The molecule has 1 unspecified atom stereocenters. The van der Waals surface area contributed by atoms with Gasteiger partial charge in [-0.25, -0.2) is 9.97 Å². The van der Waals surface area contributed by atoms with Crippen LogP contribution in [0, 0.1) is 18.8 Å². The number of carbonyl (C=O) groups excluding carboxylic acids is 1. The maximum Gasteiger partial charge on any atom is 0.270 e. The Morgan fingerprint density at radius 3 is 2.69 bits per heavy atom. The van der Waals surface area contributed by atoms with Gasteiger partial charge in [-0.2, -0.15) is 0 Å². The highest BCUT2D eigenvalue weighted by atomic mass is 16.5. The Kier molecular flexibility index (Phi) is 9.63. The third kappa shape index (κ3) is 7.22. The number of ether oxygens (including phenoxy) is 3. The molecule has 1 aromatic carbocycles. The van der Waals surface area contributed by atoms with Gasteiger partial charge in [-0.3, -0.25) is 4.79 Å². The normalized spacial score (nSPS) is 19.2. The molecule has 36 heavy (non-hydrogen) atoms. The Hall–Kier alpha value is -2.59. The lowest BCUT2D eigenvalue weighted by Gasteiger charge is -2.22. The highest BCUT2D eigenvalue weighted by Crippen LogP contribution is 2.26. The van der Waals surface area contributed by atoms with Gasteiger partial charge >= 0.3 is 0 Å². The number of carbonyl (C=O) groups is 1. The smallest absolute Gasteiger partial charge is 0.270 e. The molecule has 1 amide bonds. The fraction of sp³-hybridized carbons (Fsp3) is 0.593. The van der Waals surface area contributed by atoms with Crippen molar-refractivity contribution in [2.75, 3.05) is 53.2 Å². The summed E-state index contributed by atoms with van der Waals surface area (Å²) in [5.74, 6) is 1.74. The van der Waals surface area contributed by atoms with Gasteiger partial charge in [0.2, 0.25) is 0 Å². The number of aliphatic hydroxyl groups is 1. The van der Waals surface area contributed by atoms with E-state index >= 15 is 0 Å². The maximum absolute atomic E-state index is 13.3. The lowest BCUT2D eigenvalue weighted by Crippen LogP contribution is -2.33. The van der Waals surface area contributed by atoms with Crippen LogP contribution in [0.15, 0.2) is 24.3 Å². The second kappa shape index (κ2) is 13.1. The zero-order valence-electron chi connectivity index (χ0n) is 21.3. The van der Waals surface area contributed by atoms with Gasteiger partial charge in [0, 0.05) is 56.3 Å². The van der Waals surface area contributed by atoms with Crippen molar-refractivity contribution in [2.45, 2.75) is 38.7 Å². The molecule has 3 heterocycles. The number of likely N-dealkylation sites (N-methyl/N-ethyl adjacent to an activating group) is 1. The van der Waals surface area contributed by atoms with Gasteiger partial charge in [-0.15, -0.1) is 0 Å². The maximum atomic E-state index is 13.3. The summed E-state index contributed by atoms with van der Waals surface area (Å²) >= 11 is 0. The van der Waals surface area contributed by atoms with Crippen LogP contribution in [0.25, 0.3) is 11.4 Å². The van der Waals surface area contributed by atoms with Crippen LogP contribution in [0.3, 0.4) is 0 Å². The van der Waals surface area contributed by atoms with E-state index in [-0.39, 0.29) is 12.5 Å². The predicted molar refractivity (Wildman–Crippen MR) is 136 cm³/mol. The summed E-state index contributed by atoms with van der Waals surface area (Å²) < 4.78 is 16.8. The number of hydrogen-bond donors (Lipinski definition) is 3. The molecular formula is C27H38N4O5. The summed E-state index contributed by atoms with van der Waals surface area (Å²) in [4.78, 5) is 22.9. The summed E-state index contributed by atoms with van der Waals surface area (Å²) in [5.41, 5.74) is 2.87. The predicted octanol–water partition coefficient (Wildman–Crippen LogP) is 2.15. The van der Waals surface area contributed by atoms with Gasteiger partial charge in [-0.05, 0) is 63.6 Å². The minimum Gasteiger partial charge on any atom is -0.491 e. The molecule has 0 bridgehead atoms. The Morgan fingerprint density at radius 1 is 1.17 bits per heavy atom. The van der Waals surface area contributed by atoms with Gasteiger partial charge in [0.05, 0.1) is 0 Å². The van der Waals surface area contributed by atoms with Crippen LogP contribution in [0.5, 0.6) is 5.75 Å². The average molecular weight is 499 g/mol. The van der Waals surface area contributed by atoms with Crippen molar-refractivity contribution in [3.8, 4) is 17.1 Å². The van der Waals surface area contributed by atoms with Gasteiger partial charge in [-0.1, -0.05) is 12.1 Å². The molecule has 2 saturated heterocycles. The molecule has 196 valence electrons. The van der Waals surface area contributed by atoms with E-state index < -0.39 is 6.10 Å². The molecule has 9 nitrogen and oxygen atoms in total. The van der Waals surface area contributed by atoms with E-state index in [4.69, 9.17) is 24.2 Å². The van der Waals surface area contributed by atoms with Crippen molar-refractivity contribution >= 4 is 5.91 Å². The summed E-state index contributed by atoms with van der Waals surface area (Å²) in [7, 11) is 1.78. The van der Waals surface area contributed by atoms with Crippen molar-refractivity contribution < 1.29 is 24.1 Å². The highest BCUT2D eigenvalue weighted by Gasteiger charge is 2.24. The van der Waals surface area contributed by atoms with E-state index in [1.54, 1.807) is 7.05 Å². The molecular weight excluding hydrogens is 460 g/mol. The second-order valence-electron chi connectivity index (χ2n) is 9.72. The quantitative estimate of drug-likeness (QED) is 0.432. The van der Waals surface area contributed by atoms with Crippen LogP contribution >= 0.6 is 0 Å². The van der Waals surface area contributed by atoms with Crippen LogP contribution < -0.4 is 15.4 Å². The molecule has 0 radical (unpaired) electrons. The van der Waals surface area contributed by atoms with Crippen molar-refractivity contribution in [3.63, 3.8) is 0 Å². The SMILES string of the molecule is CNCC(O)COc1cccc(-c2nc(C[C@@H]3CCOC3)c(C)c(C(=O)NCC3CCOCC3)n2)c1. The molecule has 0 aliphatic carbocycles. The first-order valence-corrected chi connectivity index (χ1v) is 12.9. The van der Waals surface area contributed by atoms with Crippen molar-refractivity contribution in [1.82, 2.24) is 20.6 Å². The van der Waals surface area contributed by atoms with Crippen molar-refractivity contribution in [1.29, 1.82) is 0 Å². The minimum absolute atomic E-state index is 0.172. The molecule has 4 rings (SSSR count). The Balaban J connectivity index is 1.57. The number of nitrogens with zero attached hydrogens (tertiary/aromatic N) is 2. The number of rotatable bonds is 11. The van der Waals surface area contributed by atoms with Gasteiger partial charge in [0.15, 0.2) is 5.82 Å². The average Bonchev–Trinajstić information content (AvgIpc) is 3.41. The monoisotopic (exact) mass is 498 g/mol. The van der Waals surface area contributed by atoms with E-state index in [0.29, 0.717) is 48.8 Å². The van der Waals surface area contributed by atoms with Crippen LogP contribution in [0.1, 0.15) is 41.0 Å². The number of amides is 1. The number of nitrogens with one attached hydrogen (secondary N) is 2. The lowest BCUT2D eigenvalue weighted by atomic mass is 9.98. The topological polar surface area (TPSA) is 115 Å². The fourth-order valence-corrected chi connectivity index (χ4v) is 4.61. The van der Waals surface area contributed by atoms with Crippen LogP contribution in [0.4, 0.5) is 0 Å². The van der Waals surface area contributed by atoms with E-state index in [1.807, 2.05) is 31.2 Å². The number of hydrogen-bond acceptors (Lipinski definition) is 8. The van der Waals surface area contributed by atoms with E-state index in [9.17, 15) is 9.90 Å². The van der Waals surface area contributed by atoms with Crippen LogP contribution in [-0.2, 0) is 15.9 Å². The molecule has 2 aliphatic heterocycles. The highest BCUT2D eigenvalue weighted by molar-refractivity contribution is 5.94. The van der Waals surface area contributed by atoms with E-state index in [0.717, 1.165) is 62.3 Å². The van der Waals surface area contributed by atoms with Gasteiger partial charge < -0.3 is 30.0 Å². The summed E-state index contributed by atoms with van der Waals surface area (Å²) in [6.07, 6.45) is 3.03. The first-order valence-electron chi connectivity index (χ1n) is 12.9. The number of aromatic nitrogens is 2. The van der Waals surface area contributed by atoms with Crippen LogP contribution in [-0.4, -0.2) is 80.3 Å². The fourth-order valence-electron chi connectivity index (χ4n) is 4.61. The Morgan fingerprint density at radius 2 is 1.94 bits per heavy atom. The number of aliphatic hydroxyl groups excluding tert-OH is 1. The minimum atomic E-state index is -0.611. The Labute approximate surface area is 213 Å². The molecule has 9 heteroatoms. The Bertz CT molecular complexity index is 1010. The summed E-state index contributed by atoms with van der Waals surface area (Å²) in [6.45, 7) is 6.13. The molecule has 0 saturated carbocycles. The van der Waals surface area contributed by atoms with Gasteiger partial charge in [0.1, 0.15) is 24.2 Å². The molecule has 0 spiro atoms. The second-order valence-corrected chi connectivity index (χ2v) is 9.72. The van der Waals surface area contributed by atoms with Gasteiger partial charge in [0.25, 0.3) is 5.91 Å². The lowest BCUT2D eigenvalue weighted by molar-refractivity contribution is 0.0642. The molecule has 1 aromatic heterocycles. The summed E-state index contributed by atoms with van der Waals surface area (Å²) in [6, 6.07) is 7.46. The first kappa shape index (κ1) is 26.5. The summed E-state index contributed by atoms with van der Waals surface area (Å²) in [5, 5.41) is 16.0. The molecule has 2 aliphatic rings. The van der Waals surface area contributed by atoms with E-state index in [2.05, 4.69) is 10.6 Å². The molecule has 2 fully saturated rings. The molecule has 2 aromatic rings. The van der Waals surface area contributed by atoms with Crippen molar-refractivity contribution in [3.05, 3.63) is 41.2 Å². The third-order valence-electron chi connectivity index (χ3n) is 6.83.